The molecular weight excluding hydrogens is 334 g/mol. The van der Waals surface area contributed by atoms with Gasteiger partial charge in [0.15, 0.2) is 0 Å². The van der Waals surface area contributed by atoms with Crippen LogP contribution < -0.4 is 5.56 Å². The molecule has 0 spiro atoms. The average Bonchev–Trinajstić information content (AvgIpc) is 3.25. The summed E-state index contributed by atoms with van der Waals surface area (Å²) in [6, 6.07) is 13.7. The van der Waals surface area contributed by atoms with Gasteiger partial charge in [-0.05, 0) is 24.7 Å². The Balaban J connectivity index is 1.63. The standard InChI is InChI=1S/C19H17N3O2S/c1-22(10-14-8-5-9-24-14)11-16-20-18(23)17-15(12-25-19(17)21-16)13-6-3-2-4-7-13/h2-9,12H,10-11H2,1H3,(H,20,21,23). The number of H-pyrrole nitrogens is 1. The highest BCUT2D eigenvalue weighted by Gasteiger charge is 2.14. The lowest BCUT2D eigenvalue weighted by Gasteiger charge is -2.14. The van der Waals surface area contributed by atoms with Crippen LogP contribution in [0.1, 0.15) is 11.6 Å². The second-order valence-electron chi connectivity index (χ2n) is 5.96. The maximum absolute atomic E-state index is 12.6. The third kappa shape index (κ3) is 3.26. The Morgan fingerprint density at radius 2 is 2.00 bits per heavy atom. The maximum Gasteiger partial charge on any atom is 0.260 e. The lowest BCUT2D eigenvalue weighted by Crippen LogP contribution is -2.21. The molecule has 0 bridgehead atoms. The molecule has 0 aliphatic carbocycles. The fraction of sp³-hybridized carbons (Fsp3) is 0.158. The van der Waals surface area contributed by atoms with Crippen molar-refractivity contribution in [2.75, 3.05) is 7.05 Å². The minimum atomic E-state index is -0.0912. The molecule has 4 aromatic rings. The van der Waals surface area contributed by atoms with Crippen LogP contribution in [0.15, 0.2) is 63.3 Å². The predicted octanol–water partition coefficient (Wildman–Crippen LogP) is 3.88. The molecule has 3 heterocycles. The molecule has 0 saturated carbocycles. The number of thiophene rings is 1. The summed E-state index contributed by atoms with van der Waals surface area (Å²) in [5, 5.41) is 2.66. The number of furan rings is 1. The Morgan fingerprint density at radius 3 is 2.76 bits per heavy atom. The highest BCUT2D eigenvalue weighted by Crippen LogP contribution is 2.30. The van der Waals surface area contributed by atoms with Crippen molar-refractivity contribution in [1.82, 2.24) is 14.9 Å². The zero-order valence-corrected chi connectivity index (χ0v) is 14.5. The van der Waals surface area contributed by atoms with Gasteiger partial charge in [0.05, 0.1) is 24.7 Å². The van der Waals surface area contributed by atoms with Crippen LogP contribution >= 0.6 is 11.3 Å². The van der Waals surface area contributed by atoms with Gasteiger partial charge >= 0.3 is 0 Å². The number of aromatic amines is 1. The molecule has 0 atom stereocenters. The summed E-state index contributed by atoms with van der Waals surface area (Å²) in [5.74, 6) is 1.54. The summed E-state index contributed by atoms with van der Waals surface area (Å²) < 4.78 is 5.36. The quantitative estimate of drug-likeness (QED) is 0.593. The van der Waals surface area contributed by atoms with Gasteiger partial charge in [-0.15, -0.1) is 11.3 Å². The Labute approximate surface area is 148 Å². The van der Waals surface area contributed by atoms with E-state index in [1.807, 2.05) is 54.9 Å². The third-order valence-corrected chi connectivity index (χ3v) is 4.88. The Hall–Kier alpha value is -2.70. The van der Waals surface area contributed by atoms with E-state index >= 15 is 0 Å². The number of aromatic nitrogens is 2. The van der Waals surface area contributed by atoms with Gasteiger partial charge in [0.1, 0.15) is 16.4 Å². The number of hydrogen-bond acceptors (Lipinski definition) is 5. The van der Waals surface area contributed by atoms with Gasteiger partial charge < -0.3 is 9.40 Å². The predicted molar refractivity (Wildman–Crippen MR) is 99.6 cm³/mol. The van der Waals surface area contributed by atoms with Crippen LogP contribution in [0.4, 0.5) is 0 Å². The first-order chi connectivity index (χ1) is 12.2. The molecule has 0 fully saturated rings. The second-order valence-corrected chi connectivity index (χ2v) is 6.82. The monoisotopic (exact) mass is 351 g/mol. The van der Waals surface area contributed by atoms with Gasteiger partial charge in [-0.3, -0.25) is 9.69 Å². The minimum Gasteiger partial charge on any atom is -0.468 e. The SMILES string of the molecule is CN(Cc1nc2scc(-c3ccccc3)c2c(=O)[nH]1)Cc1ccco1. The van der Waals surface area contributed by atoms with Gasteiger partial charge in [-0.2, -0.15) is 0 Å². The summed E-state index contributed by atoms with van der Waals surface area (Å²) >= 11 is 1.50. The zero-order chi connectivity index (χ0) is 17.2. The van der Waals surface area contributed by atoms with E-state index in [4.69, 9.17) is 4.42 Å². The van der Waals surface area contributed by atoms with Crippen molar-refractivity contribution >= 4 is 21.6 Å². The fourth-order valence-electron chi connectivity index (χ4n) is 2.88. The van der Waals surface area contributed by atoms with Gasteiger partial charge in [0.25, 0.3) is 5.56 Å². The molecular formula is C19H17N3O2S. The number of fused-ring (bicyclic) bond motifs is 1. The molecule has 1 aromatic carbocycles. The van der Waals surface area contributed by atoms with Crippen LogP contribution in [-0.4, -0.2) is 21.9 Å². The van der Waals surface area contributed by atoms with Gasteiger partial charge in [0, 0.05) is 10.9 Å². The first-order valence-electron chi connectivity index (χ1n) is 7.97. The van der Waals surface area contributed by atoms with Crippen molar-refractivity contribution in [2.45, 2.75) is 13.1 Å². The van der Waals surface area contributed by atoms with Gasteiger partial charge in [-0.25, -0.2) is 4.98 Å². The number of hydrogen-bond donors (Lipinski definition) is 1. The summed E-state index contributed by atoms with van der Waals surface area (Å²) in [6.07, 6.45) is 1.66. The highest BCUT2D eigenvalue weighted by atomic mass is 32.1. The van der Waals surface area contributed by atoms with E-state index in [0.29, 0.717) is 24.3 Å². The largest absolute Gasteiger partial charge is 0.468 e. The summed E-state index contributed by atoms with van der Waals surface area (Å²) in [6.45, 7) is 1.21. The summed E-state index contributed by atoms with van der Waals surface area (Å²) in [4.78, 5) is 23.0. The van der Waals surface area contributed by atoms with E-state index in [1.165, 1.54) is 11.3 Å². The average molecular weight is 351 g/mol. The molecule has 1 N–H and O–H groups in total. The van der Waals surface area contributed by atoms with E-state index in [-0.39, 0.29) is 5.56 Å². The topological polar surface area (TPSA) is 62.1 Å². The first kappa shape index (κ1) is 15.8. The van der Waals surface area contributed by atoms with Crippen LogP contribution in [0.25, 0.3) is 21.3 Å². The van der Waals surface area contributed by atoms with Crippen LogP contribution in [0.2, 0.25) is 0 Å². The molecule has 0 amide bonds. The van der Waals surface area contributed by atoms with E-state index in [9.17, 15) is 4.79 Å². The molecule has 6 heteroatoms. The van der Waals surface area contributed by atoms with Crippen molar-refractivity contribution < 1.29 is 4.42 Å². The highest BCUT2D eigenvalue weighted by molar-refractivity contribution is 7.17. The van der Waals surface area contributed by atoms with Crippen molar-refractivity contribution in [2.24, 2.45) is 0 Å². The molecule has 3 aromatic heterocycles. The molecule has 0 radical (unpaired) electrons. The van der Waals surface area contributed by atoms with E-state index in [0.717, 1.165) is 21.7 Å². The van der Waals surface area contributed by atoms with Crippen molar-refractivity contribution in [3.05, 3.63) is 76.0 Å². The molecule has 5 nitrogen and oxygen atoms in total. The first-order valence-corrected chi connectivity index (χ1v) is 8.85. The number of nitrogens with zero attached hydrogens (tertiary/aromatic N) is 2. The Kier molecular flexibility index (Phi) is 4.21. The van der Waals surface area contributed by atoms with Crippen LogP contribution in [0, 0.1) is 0 Å². The van der Waals surface area contributed by atoms with Gasteiger partial charge in [0.2, 0.25) is 0 Å². The molecule has 126 valence electrons. The van der Waals surface area contributed by atoms with Gasteiger partial charge in [-0.1, -0.05) is 30.3 Å². The van der Waals surface area contributed by atoms with E-state index in [1.54, 1.807) is 6.26 Å². The molecule has 4 rings (SSSR count). The van der Waals surface area contributed by atoms with Crippen molar-refractivity contribution in [3.63, 3.8) is 0 Å². The lowest BCUT2D eigenvalue weighted by molar-refractivity contribution is 0.281. The molecule has 0 unspecified atom stereocenters. The molecule has 25 heavy (non-hydrogen) atoms. The Morgan fingerprint density at radius 1 is 1.16 bits per heavy atom. The summed E-state index contributed by atoms with van der Waals surface area (Å²) in [7, 11) is 1.97. The van der Waals surface area contributed by atoms with E-state index < -0.39 is 0 Å². The Bertz CT molecular complexity index is 1040. The third-order valence-electron chi connectivity index (χ3n) is 4.00. The van der Waals surface area contributed by atoms with Crippen LogP contribution in [0.3, 0.4) is 0 Å². The van der Waals surface area contributed by atoms with Crippen molar-refractivity contribution in [1.29, 1.82) is 0 Å². The smallest absolute Gasteiger partial charge is 0.260 e. The zero-order valence-electron chi connectivity index (χ0n) is 13.7. The summed E-state index contributed by atoms with van der Waals surface area (Å²) in [5.41, 5.74) is 1.88. The normalized spacial score (nSPS) is 11.4. The second kappa shape index (κ2) is 6.66. The number of benzene rings is 1. The minimum absolute atomic E-state index is 0.0912. The molecule has 0 aliphatic rings. The molecule has 0 aliphatic heterocycles. The maximum atomic E-state index is 12.6. The van der Waals surface area contributed by atoms with Crippen molar-refractivity contribution in [3.8, 4) is 11.1 Å². The fourth-order valence-corrected chi connectivity index (χ4v) is 3.85. The van der Waals surface area contributed by atoms with Crippen LogP contribution in [-0.2, 0) is 13.1 Å². The lowest BCUT2D eigenvalue weighted by atomic mass is 10.1. The van der Waals surface area contributed by atoms with E-state index in [2.05, 4.69) is 14.9 Å². The number of nitrogens with one attached hydrogen (secondary N) is 1. The molecule has 0 saturated heterocycles. The number of rotatable bonds is 5. The van der Waals surface area contributed by atoms with Crippen LogP contribution in [0.5, 0.6) is 0 Å².